The molecule has 0 saturated carbocycles. The van der Waals surface area contributed by atoms with Gasteiger partial charge in [0.15, 0.2) is 0 Å². The van der Waals surface area contributed by atoms with Crippen molar-refractivity contribution in [1.82, 2.24) is 0 Å². The highest BCUT2D eigenvalue weighted by Crippen LogP contribution is 2.43. The lowest BCUT2D eigenvalue weighted by Gasteiger charge is -2.37. The summed E-state index contributed by atoms with van der Waals surface area (Å²) < 4.78 is 0. The maximum absolute atomic E-state index is 9.34. The van der Waals surface area contributed by atoms with E-state index in [0.29, 0.717) is 23.0 Å². The van der Waals surface area contributed by atoms with Gasteiger partial charge in [-0.2, -0.15) is 0 Å². The molecule has 16 heavy (non-hydrogen) atoms. The highest BCUT2D eigenvalue weighted by atomic mass is 16.3. The zero-order valence-electron chi connectivity index (χ0n) is 11.1. The molecule has 1 aromatic rings. The number of phenolic OH excluding ortho intramolecular Hbond substituents is 1. The Morgan fingerprint density at radius 2 is 1.62 bits per heavy atom. The topological polar surface area (TPSA) is 20.2 Å². The summed E-state index contributed by atoms with van der Waals surface area (Å²) in [7, 11) is 0. The van der Waals surface area contributed by atoms with Crippen LogP contribution in [0.15, 0.2) is 24.3 Å². The third-order valence-electron chi connectivity index (χ3n) is 3.67. The van der Waals surface area contributed by atoms with Gasteiger partial charge in [0.05, 0.1) is 0 Å². The number of rotatable bonds is 4. The lowest BCUT2D eigenvalue weighted by Crippen LogP contribution is -2.25. The maximum atomic E-state index is 9.34. The number of hydrogen-bond acceptors (Lipinski definition) is 1. The molecule has 90 valence electrons. The van der Waals surface area contributed by atoms with Crippen molar-refractivity contribution in [3.05, 3.63) is 29.8 Å². The van der Waals surface area contributed by atoms with Gasteiger partial charge in [0.25, 0.3) is 0 Å². The molecule has 1 atom stereocenters. The summed E-state index contributed by atoms with van der Waals surface area (Å²) in [6.07, 6.45) is 1.16. The van der Waals surface area contributed by atoms with Crippen molar-refractivity contribution in [3.63, 3.8) is 0 Å². The fraction of sp³-hybridized carbons (Fsp3) is 0.600. The van der Waals surface area contributed by atoms with Crippen LogP contribution in [-0.2, 0) is 0 Å². The van der Waals surface area contributed by atoms with E-state index in [1.54, 1.807) is 12.1 Å². The normalized spacial score (nSPS) is 14.1. The molecule has 0 spiro atoms. The molecule has 1 nitrogen and oxygen atoms in total. The van der Waals surface area contributed by atoms with E-state index in [1.807, 2.05) is 0 Å². The first-order valence-electron chi connectivity index (χ1n) is 6.17. The Morgan fingerprint density at radius 3 is 2.00 bits per heavy atom. The molecule has 1 N–H and O–H groups in total. The van der Waals surface area contributed by atoms with Crippen LogP contribution in [0.2, 0.25) is 0 Å². The standard InChI is InChI=1S/C15H24O/c1-6-15(4,5)14(11(2)3)12-7-9-13(16)10-8-12/h7-11,14,16H,6H2,1-5H3. The van der Waals surface area contributed by atoms with Crippen molar-refractivity contribution in [3.8, 4) is 5.75 Å². The Kier molecular flexibility index (Phi) is 4.01. The average molecular weight is 220 g/mol. The summed E-state index contributed by atoms with van der Waals surface area (Å²) in [5.41, 5.74) is 1.63. The lowest BCUT2D eigenvalue weighted by atomic mass is 9.68. The largest absolute Gasteiger partial charge is 0.508 e. The predicted octanol–water partition coefficient (Wildman–Crippen LogP) is 4.57. The van der Waals surface area contributed by atoms with Crippen molar-refractivity contribution in [2.24, 2.45) is 11.3 Å². The van der Waals surface area contributed by atoms with E-state index >= 15 is 0 Å². The second-order valence-corrected chi connectivity index (χ2v) is 5.66. The van der Waals surface area contributed by atoms with Gasteiger partial charge in [0, 0.05) is 0 Å². The molecule has 0 radical (unpaired) electrons. The van der Waals surface area contributed by atoms with Crippen molar-refractivity contribution < 1.29 is 5.11 Å². The van der Waals surface area contributed by atoms with E-state index < -0.39 is 0 Å². The summed E-state index contributed by atoms with van der Waals surface area (Å²) in [6.45, 7) is 11.4. The van der Waals surface area contributed by atoms with Gasteiger partial charge in [-0.15, -0.1) is 0 Å². The number of benzene rings is 1. The van der Waals surface area contributed by atoms with E-state index in [-0.39, 0.29) is 0 Å². The minimum Gasteiger partial charge on any atom is -0.508 e. The minimum atomic E-state index is 0.297. The summed E-state index contributed by atoms with van der Waals surface area (Å²) >= 11 is 0. The molecular formula is C15H24O. The van der Waals surface area contributed by atoms with Gasteiger partial charge >= 0.3 is 0 Å². The molecule has 0 fully saturated rings. The first kappa shape index (κ1) is 13.1. The van der Waals surface area contributed by atoms with Crippen LogP contribution in [-0.4, -0.2) is 5.11 Å². The van der Waals surface area contributed by atoms with Crippen LogP contribution in [0.5, 0.6) is 5.75 Å². The van der Waals surface area contributed by atoms with Crippen LogP contribution in [0.25, 0.3) is 0 Å². The summed E-state index contributed by atoms with van der Waals surface area (Å²) in [5.74, 6) is 1.50. The smallest absolute Gasteiger partial charge is 0.115 e. The van der Waals surface area contributed by atoms with E-state index in [0.717, 1.165) is 6.42 Å². The summed E-state index contributed by atoms with van der Waals surface area (Å²) in [4.78, 5) is 0. The van der Waals surface area contributed by atoms with Gasteiger partial charge in [0.2, 0.25) is 0 Å². The van der Waals surface area contributed by atoms with Crippen molar-refractivity contribution in [2.75, 3.05) is 0 Å². The maximum Gasteiger partial charge on any atom is 0.115 e. The number of hydrogen-bond donors (Lipinski definition) is 1. The Balaban J connectivity index is 3.08. The molecule has 1 unspecified atom stereocenters. The Morgan fingerprint density at radius 1 is 1.12 bits per heavy atom. The molecule has 0 amide bonds. The first-order chi connectivity index (χ1) is 7.38. The summed E-state index contributed by atoms with van der Waals surface area (Å²) in [6, 6.07) is 7.68. The van der Waals surface area contributed by atoms with E-state index in [9.17, 15) is 5.11 Å². The van der Waals surface area contributed by atoms with Crippen LogP contribution in [0.1, 0.15) is 52.5 Å². The van der Waals surface area contributed by atoms with Crippen molar-refractivity contribution >= 4 is 0 Å². The third kappa shape index (κ3) is 2.78. The molecule has 1 heteroatoms. The van der Waals surface area contributed by atoms with E-state index in [2.05, 4.69) is 46.8 Å². The lowest BCUT2D eigenvalue weighted by molar-refractivity contribution is 0.222. The van der Waals surface area contributed by atoms with Crippen molar-refractivity contribution in [2.45, 2.75) is 47.0 Å². The Bertz CT molecular complexity index is 322. The first-order valence-corrected chi connectivity index (χ1v) is 6.17. The molecule has 1 rings (SSSR count). The molecule has 0 aliphatic carbocycles. The second kappa shape index (κ2) is 4.90. The second-order valence-electron chi connectivity index (χ2n) is 5.66. The number of phenols is 1. The third-order valence-corrected chi connectivity index (χ3v) is 3.67. The molecule has 0 saturated heterocycles. The van der Waals surface area contributed by atoms with Crippen molar-refractivity contribution in [1.29, 1.82) is 0 Å². The van der Waals surface area contributed by atoms with Gasteiger partial charge in [-0.3, -0.25) is 0 Å². The SMILES string of the molecule is CCC(C)(C)C(c1ccc(O)cc1)C(C)C. The zero-order valence-corrected chi connectivity index (χ0v) is 11.1. The number of aromatic hydroxyl groups is 1. The predicted molar refractivity (Wildman–Crippen MR) is 69.8 cm³/mol. The van der Waals surface area contributed by atoms with Gasteiger partial charge in [-0.05, 0) is 34.9 Å². The fourth-order valence-electron chi connectivity index (χ4n) is 2.64. The van der Waals surface area contributed by atoms with Crippen LogP contribution in [0.4, 0.5) is 0 Å². The van der Waals surface area contributed by atoms with Gasteiger partial charge < -0.3 is 5.11 Å². The zero-order chi connectivity index (χ0) is 12.3. The monoisotopic (exact) mass is 220 g/mol. The average Bonchev–Trinajstić information content (AvgIpc) is 2.20. The van der Waals surface area contributed by atoms with E-state index in [4.69, 9.17) is 0 Å². The highest BCUT2D eigenvalue weighted by Gasteiger charge is 2.31. The van der Waals surface area contributed by atoms with E-state index in [1.165, 1.54) is 5.56 Å². The Hall–Kier alpha value is -0.980. The molecule has 0 bridgehead atoms. The molecule has 1 aromatic carbocycles. The highest BCUT2D eigenvalue weighted by molar-refractivity contribution is 5.29. The minimum absolute atomic E-state index is 0.297. The fourth-order valence-corrected chi connectivity index (χ4v) is 2.64. The molecule has 0 aromatic heterocycles. The van der Waals surface area contributed by atoms with Crippen LogP contribution in [0, 0.1) is 11.3 Å². The van der Waals surface area contributed by atoms with Gasteiger partial charge in [-0.1, -0.05) is 53.2 Å². The Labute approximate surface area is 99.5 Å². The summed E-state index contributed by atoms with van der Waals surface area (Å²) in [5, 5.41) is 9.34. The molecule has 0 heterocycles. The van der Waals surface area contributed by atoms with Gasteiger partial charge in [0.1, 0.15) is 5.75 Å². The van der Waals surface area contributed by atoms with Crippen LogP contribution >= 0.6 is 0 Å². The van der Waals surface area contributed by atoms with Crippen LogP contribution in [0.3, 0.4) is 0 Å². The quantitative estimate of drug-likeness (QED) is 0.788. The molecule has 0 aliphatic heterocycles. The molecular weight excluding hydrogens is 196 g/mol. The van der Waals surface area contributed by atoms with Crippen LogP contribution < -0.4 is 0 Å². The molecule has 0 aliphatic rings. The van der Waals surface area contributed by atoms with Gasteiger partial charge in [-0.25, -0.2) is 0 Å².